The lowest BCUT2D eigenvalue weighted by atomic mass is 9.89. The van der Waals surface area contributed by atoms with Crippen LogP contribution in [0.15, 0.2) is 28.7 Å². The third-order valence-corrected chi connectivity index (χ3v) is 4.10. The van der Waals surface area contributed by atoms with E-state index in [4.69, 9.17) is 4.74 Å². The van der Waals surface area contributed by atoms with E-state index in [0.717, 1.165) is 30.4 Å². The van der Waals surface area contributed by atoms with Gasteiger partial charge in [-0.2, -0.15) is 0 Å². The van der Waals surface area contributed by atoms with Crippen LogP contribution in [0.5, 0.6) is 0 Å². The molecule has 1 atom stereocenters. The quantitative estimate of drug-likeness (QED) is 0.766. The van der Waals surface area contributed by atoms with Gasteiger partial charge in [-0.15, -0.1) is 0 Å². The van der Waals surface area contributed by atoms with Crippen LogP contribution in [0.2, 0.25) is 0 Å². The fourth-order valence-electron chi connectivity index (χ4n) is 2.09. The second kappa shape index (κ2) is 8.03. The molecule has 0 aliphatic rings. The van der Waals surface area contributed by atoms with Gasteiger partial charge in [-0.3, -0.25) is 0 Å². The number of rotatable bonds is 8. The number of benzene rings is 1. The van der Waals surface area contributed by atoms with Crippen LogP contribution in [0.4, 0.5) is 0 Å². The van der Waals surface area contributed by atoms with Gasteiger partial charge in [-0.05, 0) is 56.8 Å². The van der Waals surface area contributed by atoms with Crippen molar-refractivity contribution in [3.8, 4) is 0 Å². The molecule has 1 aromatic rings. The second-order valence-electron chi connectivity index (χ2n) is 5.56. The SMILES string of the molecule is CCNCC(CCC(C)(C)OC)c1cccc(Br)c1. The Balaban J connectivity index is 2.71. The number of ether oxygens (including phenoxy) is 1. The summed E-state index contributed by atoms with van der Waals surface area (Å²) in [7, 11) is 1.79. The van der Waals surface area contributed by atoms with Crippen molar-refractivity contribution in [2.45, 2.75) is 45.1 Å². The maximum absolute atomic E-state index is 5.52. The van der Waals surface area contributed by atoms with Crippen molar-refractivity contribution in [3.63, 3.8) is 0 Å². The first kappa shape index (κ1) is 16.7. The third kappa shape index (κ3) is 6.07. The Labute approximate surface area is 126 Å². The van der Waals surface area contributed by atoms with Crippen LogP contribution in [0.25, 0.3) is 0 Å². The van der Waals surface area contributed by atoms with Crippen LogP contribution in [0.1, 0.15) is 45.1 Å². The molecule has 1 unspecified atom stereocenters. The normalized spacial score (nSPS) is 13.5. The van der Waals surface area contributed by atoms with Crippen LogP contribution in [0, 0.1) is 0 Å². The Morgan fingerprint density at radius 2 is 2.11 bits per heavy atom. The summed E-state index contributed by atoms with van der Waals surface area (Å²) in [5, 5.41) is 3.46. The van der Waals surface area contributed by atoms with E-state index in [9.17, 15) is 0 Å². The minimum atomic E-state index is -0.0452. The summed E-state index contributed by atoms with van der Waals surface area (Å²) >= 11 is 3.56. The fraction of sp³-hybridized carbons (Fsp3) is 0.625. The molecule has 0 saturated carbocycles. The van der Waals surface area contributed by atoms with Crippen LogP contribution < -0.4 is 5.32 Å². The van der Waals surface area contributed by atoms with Gasteiger partial charge in [0.1, 0.15) is 0 Å². The average molecular weight is 328 g/mol. The molecule has 0 spiro atoms. The van der Waals surface area contributed by atoms with E-state index in [1.165, 1.54) is 5.56 Å². The lowest BCUT2D eigenvalue weighted by Crippen LogP contribution is -2.26. The zero-order chi connectivity index (χ0) is 14.3. The first-order chi connectivity index (χ1) is 8.98. The van der Waals surface area contributed by atoms with Crippen molar-refractivity contribution >= 4 is 15.9 Å². The number of likely N-dealkylation sites (N-methyl/N-ethyl adjacent to an activating group) is 1. The van der Waals surface area contributed by atoms with Gasteiger partial charge in [0.05, 0.1) is 5.60 Å². The Kier molecular flexibility index (Phi) is 7.05. The van der Waals surface area contributed by atoms with Crippen molar-refractivity contribution in [1.29, 1.82) is 0 Å². The lowest BCUT2D eigenvalue weighted by Gasteiger charge is -2.26. The van der Waals surface area contributed by atoms with Crippen molar-refractivity contribution in [2.75, 3.05) is 20.2 Å². The number of halogens is 1. The molecular weight excluding hydrogens is 302 g/mol. The fourth-order valence-corrected chi connectivity index (χ4v) is 2.51. The van der Waals surface area contributed by atoms with Gasteiger partial charge >= 0.3 is 0 Å². The van der Waals surface area contributed by atoms with Gasteiger partial charge in [0.2, 0.25) is 0 Å². The van der Waals surface area contributed by atoms with E-state index in [1.54, 1.807) is 7.11 Å². The van der Waals surface area contributed by atoms with Gasteiger partial charge in [0, 0.05) is 18.1 Å². The van der Waals surface area contributed by atoms with Gasteiger partial charge in [-0.25, -0.2) is 0 Å². The summed E-state index contributed by atoms with van der Waals surface area (Å²) in [4.78, 5) is 0. The standard InChI is InChI=1S/C16H26BrNO/c1-5-18-12-14(9-10-16(2,3)19-4)13-7-6-8-15(17)11-13/h6-8,11,14,18H,5,9-10,12H2,1-4H3. The minimum absolute atomic E-state index is 0.0452. The molecule has 0 aromatic heterocycles. The molecular formula is C16H26BrNO. The van der Waals surface area contributed by atoms with Crippen molar-refractivity contribution < 1.29 is 4.74 Å². The highest BCUT2D eigenvalue weighted by Gasteiger charge is 2.20. The first-order valence-electron chi connectivity index (χ1n) is 7.00. The monoisotopic (exact) mass is 327 g/mol. The van der Waals surface area contributed by atoms with Crippen molar-refractivity contribution in [2.24, 2.45) is 0 Å². The van der Waals surface area contributed by atoms with Crippen LogP contribution >= 0.6 is 15.9 Å². The third-order valence-electron chi connectivity index (χ3n) is 3.61. The molecule has 0 bridgehead atoms. The molecule has 108 valence electrons. The maximum Gasteiger partial charge on any atom is 0.0623 e. The molecule has 0 amide bonds. The molecule has 19 heavy (non-hydrogen) atoms. The molecule has 0 heterocycles. The second-order valence-corrected chi connectivity index (χ2v) is 6.48. The molecule has 1 aromatic carbocycles. The molecule has 0 fully saturated rings. The minimum Gasteiger partial charge on any atom is -0.379 e. The largest absolute Gasteiger partial charge is 0.379 e. The van der Waals surface area contributed by atoms with E-state index < -0.39 is 0 Å². The highest BCUT2D eigenvalue weighted by molar-refractivity contribution is 9.10. The summed E-state index contributed by atoms with van der Waals surface area (Å²) < 4.78 is 6.67. The summed E-state index contributed by atoms with van der Waals surface area (Å²) in [6.45, 7) is 8.48. The highest BCUT2D eigenvalue weighted by Crippen LogP contribution is 2.27. The zero-order valence-corrected chi connectivity index (χ0v) is 14.1. The van der Waals surface area contributed by atoms with E-state index in [-0.39, 0.29) is 5.60 Å². The van der Waals surface area contributed by atoms with Gasteiger partial charge in [0.15, 0.2) is 0 Å². The molecule has 0 aliphatic carbocycles. The summed E-state index contributed by atoms with van der Waals surface area (Å²) in [5.41, 5.74) is 1.35. The van der Waals surface area contributed by atoms with Crippen LogP contribution in [-0.4, -0.2) is 25.8 Å². The smallest absolute Gasteiger partial charge is 0.0623 e. The Morgan fingerprint density at radius 1 is 1.37 bits per heavy atom. The van der Waals surface area contributed by atoms with E-state index in [2.05, 4.69) is 66.3 Å². The number of hydrogen-bond donors (Lipinski definition) is 1. The molecule has 0 radical (unpaired) electrons. The summed E-state index contributed by atoms with van der Waals surface area (Å²) in [6.07, 6.45) is 2.19. The molecule has 0 aliphatic heterocycles. The molecule has 3 heteroatoms. The van der Waals surface area contributed by atoms with Crippen LogP contribution in [-0.2, 0) is 4.74 Å². The maximum atomic E-state index is 5.52. The predicted octanol–water partition coefficient (Wildman–Crippen LogP) is 4.35. The first-order valence-corrected chi connectivity index (χ1v) is 7.79. The van der Waals surface area contributed by atoms with E-state index in [0.29, 0.717) is 5.92 Å². The molecule has 2 nitrogen and oxygen atoms in total. The van der Waals surface area contributed by atoms with E-state index >= 15 is 0 Å². The van der Waals surface area contributed by atoms with Crippen LogP contribution in [0.3, 0.4) is 0 Å². The topological polar surface area (TPSA) is 21.3 Å². The molecule has 1 N–H and O–H groups in total. The lowest BCUT2D eigenvalue weighted by molar-refractivity contribution is 0.0124. The number of nitrogens with one attached hydrogen (secondary N) is 1. The number of methoxy groups -OCH3 is 1. The Bertz CT molecular complexity index is 379. The average Bonchev–Trinajstić information content (AvgIpc) is 2.39. The Morgan fingerprint density at radius 3 is 2.68 bits per heavy atom. The van der Waals surface area contributed by atoms with Crippen molar-refractivity contribution in [3.05, 3.63) is 34.3 Å². The van der Waals surface area contributed by atoms with Gasteiger partial charge in [0.25, 0.3) is 0 Å². The van der Waals surface area contributed by atoms with Gasteiger partial charge in [-0.1, -0.05) is 35.0 Å². The highest BCUT2D eigenvalue weighted by atomic mass is 79.9. The zero-order valence-electron chi connectivity index (χ0n) is 12.5. The Hall–Kier alpha value is -0.380. The molecule has 1 rings (SSSR count). The predicted molar refractivity (Wildman–Crippen MR) is 85.7 cm³/mol. The van der Waals surface area contributed by atoms with E-state index in [1.807, 2.05) is 0 Å². The van der Waals surface area contributed by atoms with Crippen molar-refractivity contribution in [1.82, 2.24) is 5.32 Å². The summed E-state index contributed by atoms with van der Waals surface area (Å²) in [5.74, 6) is 0.534. The summed E-state index contributed by atoms with van der Waals surface area (Å²) in [6, 6.07) is 8.63. The number of hydrogen-bond acceptors (Lipinski definition) is 2. The molecule has 0 saturated heterocycles. The van der Waals surface area contributed by atoms with Gasteiger partial charge < -0.3 is 10.1 Å².